The minimum absolute atomic E-state index is 0.105. The highest BCUT2D eigenvalue weighted by atomic mass is 32.2. The van der Waals surface area contributed by atoms with Gasteiger partial charge in [-0.15, -0.1) is 0 Å². The Kier molecular flexibility index (Phi) is 4.85. The van der Waals surface area contributed by atoms with Gasteiger partial charge >= 0.3 is 0 Å². The topological polar surface area (TPSA) is 161 Å². The number of hydrogen-bond acceptors (Lipinski definition) is 7. The van der Waals surface area contributed by atoms with Crippen molar-refractivity contribution in [3.8, 4) is 6.07 Å². The number of sulfonamides is 1. The smallest absolute Gasteiger partial charge is 0.238 e. The first-order chi connectivity index (χ1) is 9.66. The second kappa shape index (κ2) is 6.21. The van der Waals surface area contributed by atoms with Crippen molar-refractivity contribution in [3.05, 3.63) is 18.2 Å². The van der Waals surface area contributed by atoms with Gasteiger partial charge in [0.2, 0.25) is 15.7 Å². The van der Waals surface area contributed by atoms with E-state index < -0.39 is 15.9 Å². The lowest BCUT2D eigenvalue weighted by molar-refractivity contribution is 0.598. The predicted molar refractivity (Wildman–Crippen MR) is 80.7 cm³/mol. The number of nitrogens with zero attached hydrogens (tertiary/aromatic N) is 3. The van der Waals surface area contributed by atoms with E-state index in [4.69, 9.17) is 21.5 Å². The number of nitrogens with two attached hydrogens (primary N) is 2. The first-order valence-corrected chi connectivity index (χ1v) is 7.14. The van der Waals surface area contributed by atoms with E-state index in [9.17, 15) is 8.42 Å². The van der Waals surface area contributed by atoms with Gasteiger partial charge in [-0.25, -0.2) is 13.6 Å². The zero-order valence-corrected chi connectivity index (χ0v) is 12.3. The molecule has 10 heteroatoms. The van der Waals surface area contributed by atoms with E-state index in [1.54, 1.807) is 25.1 Å². The Morgan fingerprint density at radius 1 is 1.48 bits per heavy atom. The third-order valence-electron chi connectivity index (χ3n) is 2.43. The first-order valence-electron chi connectivity index (χ1n) is 5.59. The van der Waals surface area contributed by atoms with Crippen LogP contribution in [0.15, 0.2) is 28.2 Å². The molecule has 6 N–H and O–H groups in total. The molecule has 0 saturated carbocycles. The summed E-state index contributed by atoms with van der Waals surface area (Å²) in [5, 5.41) is 24.7. The second-order valence-corrected chi connectivity index (χ2v) is 5.78. The van der Waals surface area contributed by atoms with E-state index >= 15 is 0 Å². The molecule has 0 amide bonds. The minimum atomic E-state index is -3.87. The molecule has 0 bridgehead atoms. The van der Waals surface area contributed by atoms with Gasteiger partial charge in [0.25, 0.3) is 0 Å². The van der Waals surface area contributed by atoms with E-state index in [-0.39, 0.29) is 10.6 Å². The average molecular weight is 309 g/mol. The summed E-state index contributed by atoms with van der Waals surface area (Å²) in [7, 11) is -0.373. The van der Waals surface area contributed by atoms with Crippen LogP contribution < -0.4 is 21.2 Å². The summed E-state index contributed by atoms with van der Waals surface area (Å²) in [4.78, 5) is 1.61. The zero-order valence-electron chi connectivity index (χ0n) is 11.5. The number of hydrogen-bond donors (Lipinski definition) is 4. The quantitative estimate of drug-likeness (QED) is 0.329. The van der Waals surface area contributed by atoms with Crippen molar-refractivity contribution in [1.82, 2.24) is 0 Å². The number of primary sulfonamides is 1. The van der Waals surface area contributed by atoms with Gasteiger partial charge in [0, 0.05) is 14.1 Å². The Balaban J connectivity index is 3.32. The first kappa shape index (κ1) is 16.4. The van der Waals surface area contributed by atoms with Crippen LogP contribution in [0.2, 0.25) is 0 Å². The molecular formula is C11H15N7O2S. The molecule has 0 spiro atoms. The highest BCUT2D eigenvalue weighted by Gasteiger charge is 2.13. The van der Waals surface area contributed by atoms with Crippen molar-refractivity contribution < 1.29 is 8.42 Å². The molecule has 0 heterocycles. The van der Waals surface area contributed by atoms with Crippen molar-refractivity contribution in [2.24, 2.45) is 16.0 Å². The molecule has 0 saturated heterocycles. The highest BCUT2D eigenvalue weighted by molar-refractivity contribution is 7.89. The normalized spacial score (nSPS) is 11.6. The van der Waals surface area contributed by atoms with E-state index in [0.717, 1.165) is 0 Å². The molecule has 9 nitrogen and oxygen atoms in total. The molecular weight excluding hydrogens is 294 g/mol. The Morgan fingerprint density at radius 3 is 2.52 bits per heavy atom. The summed E-state index contributed by atoms with van der Waals surface area (Å²) in [5.41, 5.74) is 8.30. The maximum absolute atomic E-state index is 11.4. The fourth-order valence-electron chi connectivity index (χ4n) is 1.43. The minimum Gasteiger partial charge on any atom is -0.382 e. The van der Waals surface area contributed by atoms with Gasteiger partial charge in [0.15, 0.2) is 5.84 Å². The van der Waals surface area contributed by atoms with Crippen molar-refractivity contribution in [1.29, 1.82) is 10.7 Å². The van der Waals surface area contributed by atoms with Gasteiger partial charge in [-0.1, -0.05) is 0 Å². The number of rotatable bonds is 5. The molecule has 0 aliphatic heterocycles. The third-order valence-corrected chi connectivity index (χ3v) is 3.34. The summed E-state index contributed by atoms with van der Waals surface area (Å²) >= 11 is 0. The third kappa shape index (κ3) is 4.16. The van der Waals surface area contributed by atoms with Crippen molar-refractivity contribution in [2.75, 3.05) is 24.4 Å². The fraction of sp³-hybridized carbons (Fsp3) is 0.182. The SMILES string of the molecule is CN(C)c1ccc(S(N)(=O)=O)cc1N/N=C(\C#N)C(=N)N. The number of amidine groups is 1. The van der Waals surface area contributed by atoms with Gasteiger partial charge in [0.1, 0.15) is 6.07 Å². The van der Waals surface area contributed by atoms with Crippen LogP contribution in [-0.2, 0) is 10.0 Å². The van der Waals surface area contributed by atoms with Crippen LogP contribution in [-0.4, -0.2) is 34.1 Å². The molecule has 0 unspecified atom stereocenters. The molecule has 0 fully saturated rings. The Morgan fingerprint density at radius 2 is 2.10 bits per heavy atom. The summed E-state index contributed by atoms with van der Waals surface area (Å²) in [5.74, 6) is -0.501. The Hall–Kier alpha value is -2.64. The van der Waals surface area contributed by atoms with Crippen LogP contribution in [0.3, 0.4) is 0 Å². The lowest BCUT2D eigenvalue weighted by Gasteiger charge is -2.17. The molecule has 1 aromatic carbocycles. The molecule has 1 rings (SSSR count). The van der Waals surface area contributed by atoms with Gasteiger partial charge < -0.3 is 10.6 Å². The molecule has 112 valence electrons. The van der Waals surface area contributed by atoms with E-state index in [2.05, 4.69) is 10.5 Å². The summed E-state index contributed by atoms with van der Waals surface area (Å²) in [6.07, 6.45) is 0. The maximum Gasteiger partial charge on any atom is 0.238 e. The standard InChI is InChI=1S/C11H15N7O2S/c1-18(2)10-4-3-7(21(15,19)20)5-8(10)16-17-9(6-12)11(13)14/h3-5,16H,1-2H3,(H3,13,14)(H2,15,19,20)/b17-9+. The second-order valence-electron chi connectivity index (χ2n) is 4.22. The zero-order chi connectivity index (χ0) is 16.2. The molecule has 0 radical (unpaired) electrons. The molecule has 0 aliphatic rings. The van der Waals surface area contributed by atoms with Gasteiger partial charge in [0.05, 0.1) is 16.3 Å². The van der Waals surface area contributed by atoms with Crippen LogP contribution in [0.4, 0.5) is 11.4 Å². The highest BCUT2D eigenvalue weighted by Crippen LogP contribution is 2.27. The van der Waals surface area contributed by atoms with Crippen LogP contribution in [0.25, 0.3) is 0 Å². The molecule has 0 atom stereocenters. The molecule has 0 aliphatic carbocycles. The van der Waals surface area contributed by atoms with Gasteiger partial charge in [-0.3, -0.25) is 10.8 Å². The lowest BCUT2D eigenvalue weighted by atomic mass is 10.2. The van der Waals surface area contributed by atoms with Gasteiger partial charge in [-0.05, 0) is 18.2 Å². The van der Waals surface area contributed by atoms with E-state index in [1.165, 1.54) is 18.2 Å². The summed E-state index contributed by atoms with van der Waals surface area (Å²) in [6.45, 7) is 0. The molecule has 0 aromatic heterocycles. The molecule has 21 heavy (non-hydrogen) atoms. The average Bonchev–Trinajstić information content (AvgIpc) is 2.37. The maximum atomic E-state index is 11.4. The number of nitrogens with one attached hydrogen (secondary N) is 2. The van der Waals surface area contributed by atoms with Crippen molar-refractivity contribution >= 4 is 32.9 Å². The number of benzene rings is 1. The number of anilines is 2. The molecule has 1 aromatic rings. The van der Waals surface area contributed by atoms with Crippen LogP contribution in [0, 0.1) is 16.7 Å². The summed E-state index contributed by atoms with van der Waals surface area (Å²) < 4.78 is 22.7. The Bertz CT molecular complexity index is 731. The largest absolute Gasteiger partial charge is 0.382 e. The van der Waals surface area contributed by atoms with Crippen LogP contribution in [0.1, 0.15) is 0 Å². The van der Waals surface area contributed by atoms with E-state index in [1.807, 2.05) is 0 Å². The van der Waals surface area contributed by atoms with Gasteiger partial charge in [-0.2, -0.15) is 10.4 Å². The number of nitriles is 1. The fourth-order valence-corrected chi connectivity index (χ4v) is 1.97. The van der Waals surface area contributed by atoms with E-state index in [0.29, 0.717) is 11.4 Å². The number of hydrazone groups is 1. The van der Waals surface area contributed by atoms with Crippen LogP contribution >= 0.6 is 0 Å². The Labute approximate surface area is 122 Å². The lowest BCUT2D eigenvalue weighted by Crippen LogP contribution is -2.22. The van der Waals surface area contributed by atoms with Crippen molar-refractivity contribution in [2.45, 2.75) is 4.90 Å². The monoisotopic (exact) mass is 309 g/mol. The van der Waals surface area contributed by atoms with Crippen molar-refractivity contribution in [3.63, 3.8) is 0 Å². The summed E-state index contributed by atoms with van der Waals surface area (Å²) in [6, 6.07) is 5.82. The predicted octanol–water partition coefficient (Wildman–Crippen LogP) is -0.373. The van der Waals surface area contributed by atoms with Crippen LogP contribution in [0.5, 0.6) is 0 Å².